The van der Waals surface area contributed by atoms with Gasteiger partial charge in [-0.05, 0) is 82.8 Å². The zero-order chi connectivity index (χ0) is 28.3. The Balaban J connectivity index is 1.25. The van der Waals surface area contributed by atoms with Gasteiger partial charge in [0.05, 0.1) is 0 Å². The average molecular weight is 553 g/mol. The summed E-state index contributed by atoms with van der Waals surface area (Å²) in [4.78, 5) is 32.6. The van der Waals surface area contributed by atoms with E-state index in [9.17, 15) is 9.59 Å². The van der Waals surface area contributed by atoms with Crippen LogP contribution in [0.1, 0.15) is 77.0 Å². The number of piperidine rings is 2. The van der Waals surface area contributed by atoms with Gasteiger partial charge >= 0.3 is 6.09 Å². The van der Waals surface area contributed by atoms with Gasteiger partial charge in [-0.1, -0.05) is 31.0 Å². The Hall–Kier alpha value is -2.58. The molecular weight excluding hydrogens is 504 g/mol. The van der Waals surface area contributed by atoms with Crippen LogP contribution in [0, 0.1) is 11.8 Å². The molecule has 5 atom stereocenters. The van der Waals surface area contributed by atoms with Crippen molar-refractivity contribution in [2.75, 3.05) is 39.9 Å². The number of nitrogens with zero attached hydrogens (tertiary/aromatic N) is 1. The number of unbranched alkanes of at least 4 members (excludes halogenated alkanes) is 3. The highest BCUT2D eigenvalue weighted by atomic mass is 16.6. The number of hydrogen-bond acceptors (Lipinski definition) is 5. The van der Waals surface area contributed by atoms with E-state index in [0.717, 1.165) is 70.2 Å². The molecule has 4 bridgehead atoms. The molecule has 220 valence electrons. The Morgan fingerprint density at radius 3 is 2.60 bits per heavy atom. The minimum atomic E-state index is -0.554. The fourth-order valence-corrected chi connectivity index (χ4v) is 7.74. The molecule has 4 heterocycles. The third kappa shape index (κ3) is 5.89. The SMILES string of the molecule is COCC[C@H]1C[C@H]2CN3CCc4c([nH]c5ccccc45)[C@](C(=O)NCCCCCCNC(=O)OC(C)(C)C)(C2)[C@H]13. The number of nitrogens with one attached hydrogen (secondary N) is 3. The molecule has 1 aliphatic carbocycles. The van der Waals surface area contributed by atoms with E-state index in [0.29, 0.717) is 24.9 Å². The first-order valence-corrected chi connectivity index (χ1v) is 15.3. The summed E-state index contributed by atoms with van der Waals surface area (Å²) in [5.41, 5.74) is 2.61. The predicted molar refractivity (Wildman–Crippen MR) is 157 cm³/mol. The second kappa shape index (κ2) is 12.1. The molecular formula is C32H48N4O4. The number of carbonyl (C=O) groups excluding carboxylic acids is 2. The Labute approximate surface area is 238 Å². The minimum absolute atomic E-state index is 0.190. The maximum absolute atomic E-state index is 14.4. The van der Waals surface area contributed by atoms with Gasteiger partial charge in [0.15, 0.2) is 0 Å². The van der Waals surface area contributed by atoms with Crippen LogP contribution in [0.2, 0.25) is 0 Å². The quantitative estimate of drug-likeness (QED) is 0.344. The van der Waals surface area contributed by atoms with Crippen LogP contribution >= 0.6 is 0 Å². The number of amides is 2. The number of hydrogen-bond donors (Lipinski definition) is 3. The standard InChI is InChI=1S/C32H48N4O4/c1-31(2,3)40-30(38)34-16-10-6-5-9-15-33-29(37)32-20-22-19-23(14-18-39-4)28(32)36(21-22)17-13-25-24-11-7-8-12-26(24)35-27(25)32/h7-8,11-12,22-23,28,35H,5-6,9-10,13-21H2,1-4H3,(H,33,37)(H,34,38)/t22-,23+,28+,32-/m1/s1. The van der Waals surface area contributed by atoms with Crippen molar-refractivity contribution in [3.8, 4) is 0 Å². The number of aromatic amines is 1. The number of methoxy groups -OCH3 is 1. The molecule has 2 amide bonds. The zero-order valence-electron chi connectivity index (χ0n) is 24.8. The summed E-state index contributed by atoms with van der Waals surface area (Å²) in [6, 6.07) is 8.74. The van der Waals surface area contributed by atoms with Gasteiger partial charge in [0.25, 0.3) is 0 Å². The van der Waals surface area contributed by atoms with Gasteiger partial charge in [-0.2, -0.15) is 0 Å². The summed E-state index contributed by atoms with van der Waals surface area (Å²) >= 11 is 0. The van der Waals surface area contributed by atoms with Crippen molar-refractivity contribution in [1.29, 1.82) is 0 Å². The van der Waals surface area contributed by atoms with Crippen molar-refractivity contribution in [2.24, 2.45) is 11.8 Å². The molecule has 0 spiro atoms. The normalized spacial score (nSPS) is 27.2. The third-order valence-electron chi connectivity index (χ3n) is 9.15. The van der Waals surface area contributed by atoms with Crippen LogP contribution in [0.25, 0.3) is 10.9 Å². The summed E-state index contributed by atoms with van der Waals surface area (Å²) < 4.78 is 10.8. The van der Waals surface area contributed by atoms with Gasteiger partial charge < -0.3 is 25.1 Å². The van der Waals surface area contributed by atoms with Crippen LogP contribution in [0.15, 0.2) is 24.3 Å². The topological polar surface area (TPSA) is 95.7 Å². The first-order chi connectivity index (χ1) is 19.2. The number of carbonyl (C=O) groups is 2. The zero-order valence-corrected chi connectivity index (χ0v) is 24.8. The number of fused-ring (bicyclic) bond motifs is 4. The lowest BCUT2D eigenvalue weighted by Crippen LogP contribution is -2.69. The maximum atomic E-state index is 14.4. The van der Waals surface area contributed by atoms with Crippen molar-refractivity contribution in [3.05, 3.63) is 35.5 Å². The molecule has 1 aromatic carbocycles. The monoisotopic (exact) mass is 552 g/mol. The van der Waals surface area contributed by atoms with Crippen LogP contribution < -0.4 is 10.6 Å². The lowest BCUT2D eigenvalue weighted by molar-refractivity contribution is -0.142. The van der Waals surface area contributed by atoms with Crippen LogP contribution in [0.3, 0.4) is 0 Å². The molecule has 3 N–H and O–H groups in total. The van der Waals surface area contributed by atoms with E-state index >= 15 is 0 Å². The second-order valence-corrected chi connectivity index (χ2v) is 13.1. The lowest BCUT2D eigenvalue weighted by Gasteiger charge is -2.58. The minimum Gasteiger partial charge on any atom is -0.444 e. The Morgan fingerprint density at radius 1 is 1.10 bits per heavy atom. The van der Waals surface area contributed by atoms with Crippen molar-refractivity contribution >= 4 is 22.9 Å². The van der Waals surface area contributed by atoms with E-state index in [2.05, 4.69) is 44.8 Å². The van der Waals surface area contributed by atoms with Crippen molar-refractivity contribution in [3.63, 3.8) is 0 Å². The maximum Gasteiger partial charge on any atom is 0.407 e. The molecule has 8 nitrogen and oxygen atoms in total. The molecule has 40 heavy (non-hydrogen) atoms. The highest BCUT2D eigenvalue weighted by molar-refractivity contribution is 5.94. The fraction of sp³-hybridized carbons (Fsp3) is 0.688. The lowest BCUT2D eigenvalue weighted by atomic mass is 9.56. The third-order valence-corrected chi connectivity index (χ3v) is 9.15. The van der Waals surface area contributed by atoms with Crippen LogP contribution in [0.4, 0.5) is 4.79 Å². The molecule has 1 unspecified atom stereocenters. The van der Waals surface area contributed by atoms with E-state index in [-0.39, 0.29) is 18.0 Å². The molecule has 1 aromatic heterocycles. The molecule has 3 fully saturated rings. The predicted octanol–water partition coefficient (Wildman–Crippen LogP) is 4.91. The van der Waals surface area contributed by atoms with Crippen molar-refractivity contribution in [1.82, 2.24) is 20.5 Å². The smallest absolute Gasteiger partial charge is 0.407 e. The van der Waals surface area contributed by atoms with Crippen LogP contribution in [0.5, 0.6) is 0 Å². The number of aromatic nitrogens is 1. The highest BCUT2D eigenvalue weighted by Crippen LogP contribution is 2.55. The first-order valence-electron chi connectivity index (χ1n) is 15.3. The Bertz CT molecular complexity index is 1190. The van der Waals surface area contributed by atoms with Crippen LogP contribution in [-0.2, 0) is 26.1 Å². The van der Waals surface area contributed by atoms with E-state index in [1.807, 2.05) is 20.8 Å². The number of para-hydroxylation sites is 1. The molecule has 0 radical (unpaired) electrons. The molecule has 4 aliphatic rings. The van der Waals surface area contributed by atoms with Crippen LogP contribution in [-0.4, -0.2) is 73.4 Å². The number of alkyl carbamates (subject to hydrolysis) is 1. The molecule has 2 aromatic rings. The van der Waals surface area contributed by atoms with E-state index in [1.165, 1.54) is 23.1 Å². The molecule has 1 saturated carbocycles. The molecule has 6 rings (SSSR count). The first kappa shape index (κ1) is 28.9. The average Bonchev–Trinajstić information content (AvgIpc) is 3.25. The van der Waals surface area contributed by atoms with Gasteiger partial charge in [-0.3, -0.25) is 9.69 Å². The molecule has 2 saturated heterocycles. The highest BCUT2D eigenvalue weighted by Gasteiger charge is 2.62. The molecule has 3 aliphatic heterocycles. The summed E-state index contributed by atoms with van der Waals surface area (Å²) in [5, 5.41) is 7.49. The van der Waals surface area contributed by atoms with Gasteiger partial charge in [0, 0.05) is 62.5 Å². The van der Waals surface area contributed by atoms with Gasteiger partial charge in [-0.15, -0.1) is 0 Å². The summed E-state index contributed by atoms with van der Waals surface area (Å²) in [6.45, 7) is 9.72. The summed E-state index contributed by atoms with van der Waals surface area (Å²) in [7, 11) is 1.78. The van der Waals surface area contributed by atoms with Gasteiger partial charge in [-0.25, -0.2) is 4.79 Å². The number of rotatable bonds is 11. The van der Waals surface area contributed by atoms with E-state index in [1.54, 1.807) is 7.11 Å². The Morgan fingerprint density at radius 2 is 1.85 bits per heavy atom. The number of ether oxygens (including phenoxy) is 2. The second-order valence-electron chi connectivity index (χ2n) is 13.1. The van der Waals surface area contributed by atoms with Crippen molar-refractivity contribution < 1.29 is 19.1 Å². The van der Waals surface area contributed by atoms with E-state index in [4.69, 9.17) is 9.47 Å². The fourth-order valence-electron chi connectivity index (χ4n) is 7.74. The summed E-state index contributed by atoms with van der Waals surface area (Å²) in [6.07, 6.45) is 7.55. The van der Waals surface area contributed by atoms with Crippen molar-refractivity contribution in [2.45, 2.75) is 89.2 Å². The number of H-pyrrole nitrogens is 1. The number of benzene rings is 1. The largest absolute Gasteiger partial charge is 0.444 e. The molecule has 8 heteroatoms. The van der Waals surface area contributed by atoms with E-state index < -0.39 is 11.0 Å². The van der Waals surface area contributed by atoms with Gasteiger partial charge in [0.2, 0.25) is 5.91 Å². The Kier molecular flexibility index (Phi) is 8.76. The summed E-state index contributed by atoms with van der Waals surface area (Å²) in [5.74, 6) is 1.16. The van der Waals surface area contributed by atoms with Gasteiger partial charge in [0.1, 0.15) is 11.0 Å².